The molecule has 1 amide bonds. The Bertz CT molecular complexity index is 601. The summed E-state index contributed by atoms with van der Waals surface area (Å²) >= 11 is 0. The number of nitrogens with zero attached hydrogens (tertiary/aromatic N) is 2. The normalized spacial score (nSPS) is 20.2. The van der Waals surface area contributed by atoms with Crippen LogP contribution in [0, 0.1) is 5.92 Å². The van der Waals surface area contributed by atoms with E-state index < -0.39 is 0 Å². The van der Waals surface area contributed by atoms with Gasteiger partial charge in [-0.15, -0.1) is 0 Å². The molecule has 1 heterocycles. The second-order valence-electron chi connectivity index (χ2n) is 5.89. The number of carbonyl (C=O) groups is 1. The van der Waals surface area contributed by atoms with Crippen LogP contribution in [0.3, 0.4) is 0 Å². The Labute approximate surface area is 130 Å². The van der Waals surface area contributed by atoms with Crippen molar-refractivity contribution in [2.24, 2.45) is 5.92 Å². The van der Waals surface area contributed by atoms with E-state index >= 15 is 0 Å². The van der Waals surface area contributed by atoms with Gasteiger partial charge < -0.3 is 14.6 Å². The largest absolute Gasteiger partial charge is 0.497 e. The second-order valence-corrected chi connectivity index (χ2v) is 5.89. The minimum Gasteiger partial charge on any atom is -0.497 e. The standard InChI is InChI=1S/C17H21N3O2/c1-22-16-4-2-13(3-5-16)10-17(21)19-15-8-14(9-15)11-20-7-6-18-12-20/h2-7,12,14-15H,8-11H2,1H3,(H,19,21). The van der Waals surface area contributed by atoms with Crippen LogP contribution >= 0.6 is 0 Å². The van der Waals surface area contributed by atoms with Gasteiger partial charge in [-0.05, 0) is 36.5 Å². The molecule has 5 heteroatoms. The molecule has 3 rings (SSSR count). The monoisotopic (exact) mass is 299 g/mol. The number of methoxy groups -OCH3 is 1. The summed E-state index contributed by atoms with van der Waals surface area (Å²) in [5.41, 5.74) is 1.01. The zero-order valence-electron chi connectivity index (χ0n) is 12.7. The molecule has 1 N–H and O–H groups in total. The van der Waals surface area contributed by atoms with Gasteiger partial charge in [-0.1, -0.05) is 12.1 Å². The lowest BCUT2D eigenvalue weighted by molar-refractivity contribution is -0.122. The Morgan fingerprint density at radius 2 is 2.14 bits per heavy atom. The number of benzene rings is 1. The Balaban J connectivity index is 1.39. The molecule has 0 atom stereocenters. The second kappa shape index (κ2) is 6.64. The summed E-state index contributed by atoms with van der Waals surface area (Å²) in [5, 5.41) is 3.11. The third kappa shape index (κ3) is 3.67. The van der Waals surface area contributed by atoms with Gasteiger partial charge in [0.05, 0.1) is 19.9 Å². The van der Waals surface area contributed by atoms with Crippen LogP contribution in [0.25, 0.3) is 0 Å². The minimum absolute atomic E-state index is 0.0937. The number of nitrogens with one attached hydrogen (secondary N) is 1. The predicted octanol–water partition coefficient (Wildman–Crippen LogP) is 2.03. The van der Waals surface area contributed by atoms with Gasteiger partial charge >= 0.3 is 0 Å². The van der Waals surface area contributed by atoms with E-state index in [1.807, 2.05) is 36.8 Å². The molecular formula is C17H21N3O2. The van der Waals surface area contributed by atoms with Crippen molar-refractivity contribution in [1.29, 1.82) is 0 Å². The predicted molar refractivity (Wildman–Crippen MR) is 83.6 cm³/mol. The van der Waals surface area contributed by atoms with Gasteiger partial charge in [0.1, 0.15) is 5.75 Å². The molecule has 1 saturated carbocycles. The number of hydrogen-bond acceptors (Lipinski definition) is 3. The Morgan fingerprint density at radius 3 is 2.77 bits per heavy atom. The maximum Gasteiger partial charge on any atom is 0.224 e. The van der Waals surface area contributed by atoms with Crippen LogP contribution in [0.1, 0.15) is 18.4 Å². The van der Waals surface area contributed by atoms with E-state index in [0.29, 0.717) is 18.4 Å². The maximum absolute atomic E-state index is 12.0. The molecule has 1 aromatic heterocycles. The molecule has 1 fully saturated rings. The Hall–Kier alpha value is -2.30. The maximum atomic E-state index is 12.0. The number of hydrogen-bond donors (Lipinski definition) is 1. The zero-order valence-corrected chi connectivity index (χ0v) is 12.7. The van der Waals surface area contributed by atoms with Gasteiger partial charge in [-0.2, -0.15) is 0 Å². The molecule has 1 aromatic carbocycles. The molecule has 0 saturated heterocycles. The van der Waals surface area contributed by atoms with Crippen molar-refractivity contribution in [3.8, 4) is 5.75 Å². The van der Waals surface area contributed by atoms with Gasteiger partial charge in [0.15, 0.2) is 0 Å². The summed E-state index contributed by atoms with van der Waals surface area (Å²) in [6, 6.07) is 7.95. The van der Waals surface area contributed by atoms with Crippen LogP contribution in [0.15, 0.2) is 43.0 Å². The van der Waals surface area contributed by atoms with E-state index in [-0.39, 0.29) is 5.91 Å². The number of ether oxygens (including phenoxy) is 1. The van der Waals surface area contributed by atoms with Crippen LogP contribution in [0.5, 0.6) is 5.75 Å². The third-order valence-corrected chi connectivity index (χ3v) is 4.15. The first-order chi connectivity index (χ1) is 10.7. The SMILES string of the molecule is COc1ccc(CC(=O)NC2CC(Cn3ccnc3)C2)cc1. The van der Waals surface area contributed by atoms with Gasteiger partial charge in [0.2, 0.25) is 5.91 Å². The van der Waals surface area contributed by atoms with E-state index in [1.165, 1.54) is 0 Å². The summed E-state index contributed by atoms with van der Waals surface area (Å²) in [6.07, 6.45) is 8.14. The first kappa shape index (κ1) is 14.6. The highest BCUT2D eigenvalue weighted by Crippen LogP contribution is 2.28. The lowest BCUT2D eigenvalue weighted by Crippen LogP contribution is -2.45. The van der Waals surface area contributed by atoms with Gasteiger partial charge in [-0.25, -0.2) is 4.98 Å². The highest BCUT2D eigenvalue weighted by molar-refractivity contribution is 5.79. The van der Waals surface area contributed by atoms with E-state index in [4.69, 9.17) is 4.74 Å². The van der Waals surface area contributed by atoms with E-state index in [0.717, 1.165) is 30.7 Å². The average Bonchev–Trinajstić information content (AvgIpc) is 2.99. The molecular weight excluding hydrogens is 278 g/mol. The molecule has 1 aliphatic carbocycles. The van der Waals surface area contributed by atoms with E-state index in [9.17, 15) is 4.79 Å². The summed E-state index contributed by atoms with van der Waals surface area (Å²) in [7, 11) is 1.64. The molecule has 116 valence electrons. The molecule has 0 spiro atoms. The number of rotatable bonds is 6. The van der Waals surface area contributed by atoms with Crippen molar-refractivity contribution in [2.75, 3.05) is 7.11 Å². The van der Waals surface area contributed by atoms with Crippen LogP contribution in [-0.4, -0.2) is 28.6 Å². The minimum atomic E-state index is 0.0937. The van der Waals surface area contributed by atoms with Gasteiger partial charge in [0, 0.05) is 25.0 Å². The van der Waals surface area contributed by atoms with Crippen LogP contribution in [-0.2, 0) is 17.8 Å². The van der Waals surface area contributed by atoms with Crippen LogP contribution in [0.2, 0.25) is 0 Å². The molecule has 1 aliphatic rings. The lowest BCUT2D eigenvalue weighted by Gasteiger charge is -2.36. The first-order valence-corrected chi connectivity index (χ1v) is 7.61. The van der Waals surface area contributed by atoms with Crippen molar-refractivity contribution in [2.45, 2.75) is 31.8 Å². The fraction of sp³-hybridized carbons (Fsp3) is 0.412. The molecule has 0 unspecified atom stereocenters. The van der Waals surface area contributed by atoms with Crippen molar-refractivity contribution < 1.29 is 9.53 Å². The van der Waals surface area contributed by atoms with Gasteiger partial charge in [0.25, 0.3) is 0 Å². The molecule has 0 radical (unpaired) electrons. The summed E-state index contributed by atoms with van der Waals surface area (Å²) in [4.78, 5) is 16.1. The fourth-order valence-electron chi connectivity index (χ4n) is 2.90. The van der Waals surface area contributed by atoms with Crippen molar-refractivity contribution in [3.05, 3.63) is 48.5 Å². The summed E-state index contributed by atoms with van der Waals surface area (Å²) < 4.78 is 7.21. The molecule has 2 aromatic rings. The van der Waals surface area contributed by atoms with E-state index in [1.54, 1.807) is 13.3 Å². The number of carbonyl (C=O) groups excluding carboxylic acids is 1. The zero-order chi connectivity index (χ0) is 15.4. The van der Waals surface area contributed by atoms with Crippen molar-refractivity contribution in [3.63, 3.8) is 0 Å². The topological polar surface area (TPSA) is 56.1 Å². The summed E-state index contributed by atoms with van der Waals surface area (Å²) in [6.45, 7) is 0.991. The molecule has 22 heavy (non-hydrogen) atoms. The van der Waals surface area contributed by atoms with Crippen LogP contribution in [0.4, 0.5) is 0 Å². The molecule has 0 aliphatic heterocycles. The molecule has 0 bridgehead atoms. The number of imidazole rings is 1. The summed E-state index contributed by atoms with van der Waals surface area (Å²) in [5.74, 6) is 1.54. The Kier molecular flexibility index (Phi) is 4.42. The van der Waals surface area contributed by atoms with Crippen molar-refractivity contribution in [1.82, 2.24) is 14.9 Å². The van der Waals surface area contributed by atoms with E-state index in [2.05, 4.69) is 14.9 Å². The first-order valence-electron chi connectivity index (χ1n) is 7.61. The Morgan fingerprint density at radius 1 is 1.36 bits per heavy atom. The third-order valence-electron chi connectivity index (χ3n) is 4.15. The number of aromatic nitrogens is 2. The molecule has 5 nitrogen and oxygen atoms in total. The highest BCUT2D eigenvalue weighted by Gasteiger charge is 2.30. The van der Waals surface area contributed by atoms with Gasteiger partial charge in [-0.3, -0.25) is 4.79 Å². The fourth-order valence-corrected chi connectivity index (χ4v) is 2.90. The number of amides is 1. The average molecular weight is 299 g/mol. The highest BCUT2D eigenvalue weighted by atomic mass is 16.5. The lowest BCUT2D eigenvalue weighted by atomic mass is 9.80. The smallest absolute Gasteiger partial charge is 0.224 e. The quantitative estimate of drug-likeness (QED) is 0.888. The van der Waals surface area contributed by atoms with Crippen LogP contribution < -0.4 is 10.1 Å². The van der Waals surface area contributed by atoms with Crippen molar-refractivity contribution >= 4 is 5.91 Å².